The van der Waals surface area contributed by atoms with E-state index in [1.807, 2.05) is 36.4 Å². The Hall–Kier alpha value is -4.69. The molecule has 6 aromatic rings. The third kappa shape index (κ3) is 4.28. The van der Waals surface area contributed by atoms with Crippen molar-refractivity contribution in [1.29, 1.82) is 0 Å². The SMILES string of the molecule is CN1CCCC2CC(Nc3cc(-n4c5ccccc5c5c(-c6nc7ccc(F)cc7[nH]6)cccc54)ccc3C(N)=O)CC21. The van der Waals surface area contributed by atoms with E-state index in [1.54, 1.807) is 6.07 Å². The number of aromatic amines is 1. The van der Waals surface area contributed by atoms with Crippen molar-refractivity contribution in [3.8, 4) is 17.1 Å². The Balaban J connectivity index is 1.26. The van der Waals surface area contributed by atoms with Crippen molar-refractivity contribution < 1.29 is 9.18 Å². The summed E-state index contributed by atoms with van der Waals surface area (Å²) in [5.41, 5.74) is 12.5. The number of halogens is 1. The van der Waals surface area contributed by atoms with Crippen molar-refractivity contribution in [2.75, 3.05) is 18.9 Å². The van der Waals surface area contributed by atoms with Gasteiger partial charge in [-0.05, 0) is 93.7 Å². The van der Waals surface area contributed by atoms with Crippen LogP contribution in [0.15, 0.2) is 78.9 Å². The van der Waals surface area contributed by atoms with Crippen molar-refractivity contribution in [3.05, 3.63) is 90.2 Å². The molecule has 3 unspecified atom stereocenters. The van der Waals surface area contributed by atoms with Gasteiger partial charge in [0.1, 0.15) is 11.6 Å². The first-order chi connectivity index (χ1) is 20.9. The molecule has 1 saturated carbocycles. The van der Waals surface area contributed by atoms with Gasteiger partial charge in [-0.3, -0.25) is 4.79 Å². The van der Waals surface area contributed by atoms with Gasteiger partial charge < -0.3 is 25.5 Å². The lowest BCUT2D eigenvalue weighted by molar-refractivity contribution is 0.100. The minimum atomic E-state index is -0.438. The third-order valence-corrected chi connectivity index (χ3v) is 9.59. The van der Waals surface area contributed by atoms with Crippen LogP contribution in [0.2, 0.25) is 0 Å². The maximum absolute atomic E-state index is 13.9. The normalized spacial score (nSPS) is 20.7. The fraction of sp³-hybridized carbons (Fsp3) is 0.257. The zero-order chi connectivity index (χ0) is 29.2. The van der Waals surface area contributed by atoms with E-state index in [2.05, 4.69) is 51.1 Å². The van der Waals surface area contributed by atoms with E-state index in [0.29, 0.717) is 34.4 Å². The number of primary amides is 1. The summed E-state index contributed by atoms with van der Waals surface area (Å²) < 4.78 is 16.2. The van der Waals surface area contributed by atoms with Crippen molar-refractivity contribution in [1.82, 2.24) is 19.4 Å². The number of carbonyl (C=O) groups excluding carboxylic acids is 1. The lowest BCUT2D eigenvalue weighted by Gasteiger charge is -2.34. The molecule has 1 saturated heterocycles. The van der Waals surface area contributed by atoms with Crippen LogP contribution in [-0.4, -0.2) is 51.0 Å². The number of amides is 1. The highest BCUT2D eigenvalue weighted by Gasteiger charge is 2.38. The molecule has 8 heteroatoms. The fourth-order valence-corrected chi connectivity index (χ4v) is 7.67. The summed E-state index contributed by atoms with van der Waals surface area (Å²) in [5.74, 6) is 0.632. The van der Waals surface area contributed by atoms with Gasteiger partial charge in [0, 0.05) is 39.8 Å². The second kappa shape index (κ2) is 9.95. The first-order valence-corrected chi connectivity index (χ1v) is 15.0. The van der Waals surface area contributed by atoms with Gasteiger partial charge in [0.25, 0.3) is 5.91 Å². The van der Waals surface area contributed by atoms with Crippen molar-refractivity contribution in [3.63, 3.8) is 0 Å². The number of benzene rings is 4. The molecule has 1 aliphatic carbocycles. The highest BCUT2D eigenvalue weighted by molar-refractivity contribution is 6.15. The number of imidazole rings is 1. The number of aromatic nitrogens is 3. The Morgan fingerprint density at radius 3 is 2.74 bits per heavy atom. The van der Waals surface area contributed by atoms with Crippen LogP contribution in [0.25, 0.3) is 49.9 Å². The van der Waals surface area contributed by atoms with E-state index >= 15 is 0 Å². The second-order valence-electron chi connectivity index (χ2n) is 12.2. The summed E-state index contributed by atoms with van der Waals surface area (Å²) in [4.78, 5) is 23.2. The molecule has 2 aromatic heterocycles. The number of nitrogens with zero attached hydrogens (tertiary/aromatic N) is 3. The van der Waals surface area contributed by atoms with Gasteiger partial charge in [-0.15, -0.1) is 0 Å². The van der Waals surface area contributed by atoms with Gasteiger partial charge in [0.15, 0.2) is 0 Å². The first kappa shape index (κ1) is 26.0. The number of hydrogen-bond donors (Lipinski definition) is 3. The molecule has 0 radical (unpaired) electrons. The molecule has 2 fully saturated rings. The number of piperidine rings is 1. The number of nitrogens with one attached hydrogen (secondary N) is 2. The monoisotopic (exact) mass is 572 g/mol. The number of anilines is 1. The van der Waals surface area contributed by atoms with Crippen LogP contribution in [0.3, 0.4) is 0 Å². The molecule has 0 spiro atoms. The Morgan fingerprint density at radius 1 is 1.02 bits per heavy atom. The zero-order valence-electron chi connectivity index (χ0n) is 24.0. The van der Waals surface area contributed by atoms with E-state index in [9.17, 15) is 9.18 Å². The molecule has 7 nitrogen and oxygen atoms in total. The number of fused-ring (bicyclic) bond motifs is 5. The van der Waals surface area contributed by atoms with Crippen molar-refractivity contribution in [2.24, 2.45) is 11.7 Å². The minimum absolute atomic E-state index is 0.284. The number of carbonyl (C=O) groups is 1. The van der Waals surface area contributed by atoms with Crippen LogP contribution in [-0.2, 0) is 0 Å². The van der Waals surface area contributed by atoms with E-state index in [0.717, 1.165) is 58.1 Å². The predicted molar refractivity (Wildman–Crippen MR) is 170 cm³/mol. The Morgan fingerprint density at radius 2 is 1.88 bits per heavy atom. The number of para-hydroxylation sites is 1. The number of H-pyrrole nitrogens is 1. The standard InChI is InChI=1S/C35H33FN6O/c1-41-15-5-6-20-16-22(18-32(20)41)38-28-19-23(12-13-24(28)34(37)43)42-30-9-3-2-7-25(30)33-26(8-4-10-31(33)42)35-39-27-14-11-21(36)17-29(27)40-35/h2-4,7-14,17,19-20,22,32,38H,5-6,15-16,18H2,1H3,(H2,37,43)(H,39,40). The molecule has 216 valence electrons. The van der Waals surface area contributed by atoms with Gasteiger partial charge in [0.2, 0.25) is 0 Å². The van der Waals surface area contributed by atoms with Gasteiger partial charge in [0.05, 0.1) is 27.6 Å². The molecule has 4 N–H and O–H groups in total. The van der Waals surface area contributed by atoms with Crippen molar-refractivity contribution >= 4 is 44.4 Å². The van der Waals surface area contributed by atoms with E-state index < -0.39 is 5.91 Å². The summed E-state index contributed by atoms with van der Waals surface area (Å²) >= 11 is 0. The average Bonchev–Trinajstić information content (AvgIpc) is 3.70. The van der Waals surface area contributed by atoms with Crippen LogP contribution in [0, 0.1) is 11.7 Å². The van der Waals surface area contributed by atoms with Crippen LogP contribution in [0.4, 0.5) is 10.1 Å². The fourth-order valence-electron chi connectivity index (χ4n) is 7.67. The van der Waals surface area contributed by atoms with Crippen LogP contribution in [0.1, 0.15) is 36.0 Å². The molecule has 4 aromatic carbocycles. The molecular formula is C35H33FN6O. The van der Waals surface area contributed by atoms with Gasteiger partial charge in [-0.1, -0.05) is 30.3 Å². The topological polar surface area (TPSA) is 92.0 Å². The summed E-state index contributed by atoms with van der Waals surface area (Å²) in [7, 11) is 2.23. The van der Waals surface area contributed by atoms with Crippen LogP contribution < -0.4 is 11.1 Å². The summed E-state index contributed by atoms with van der Waals surface area (Å²) in [5, 5.41) is 5.87. The molecule has 3 heterocycles. The quantitative estimate of drug-likeness (QED) is 0.211. The van der Waals surface area contributed by atoms with Crippen molar-refractivity contribution in [2.45, 2.75) is 37.8 Å². The van der Waals surface area contributed by atoms with Crippen LogP contribution in [0.5, 0.6) is 0 Å². The van der Waals surface area contributed by atoms with E-state index in [-0.39, 0.29) is 11.9 Å². The number of hydrogen-bond acceptors (Lipinski definition) is 4. The molecule has 8 rings (SSSR count). The average molecular weight is 573 g/mol. The second-order valence-corrected chi connectivity index (χ2v) is 12.2. The maximum Gasteiger partial charge on any atom is 0.250 e. The minimum Gasteiger partial charge on any atom is -0.382 e. The van der Waals surface area contributed by atoms with Gasteiger partial charge in [-0.25, -0.2) is 9.37 Å². The lowest BCUT2D eigenvalue weighted by Crippen LogP contribution is -2.39. The van der Waals surface area contributed by atoms with Crippen LogP contribution >= 0.6 is 0 Å². The molecule has 1 amide bonds. The Kier molecular flexibility index (Phi) is 6.01. The van der Waals surface area contributed by atoms with Gasteiger partial charge in [-0.2, -0.15) is 0 Å². The number of likely N-dealkylation sites (tertiary alicyclic amines) is 1. The number of nitrogens with two attached hydrogens (primary N) is 1. The molecular weight excluding hydrogens is 539 g/mol. The smallest absolute Gasteiger partial charge is 0.250 e. The summed E-state index contributed by atoms with van der Waals surface area (Å²) in [6, 6.07) is 25.8. The highest BCUT2D eigenvalue weighted by atomic mass is 19.1. The Labute approximate surface area is 248 Å². The zero-order valence-corrected chi connectivity index (χ0v) is 24.0. The largest absolute Gasteiger partial charge is 0.382 e. The third-order valence-electron chi connectivity index (χ3n) is 9.59. The first-order valence-electron chi connectivity index (χ1n) is 15.0. The predicted octanol–water partition coefficient (Wildman–Crippen LogP) is 6.85. The lowest BCUT2D eigenvalue weighted by atomic mass is 9.92. The van der Waals surface area contributed by atoms with E-state index in [4.69, 9.17) is 10.7 Å². The molecule has 2 aliphatic rings. The van der Waals surface area contributed by atoms with Gasteiger partial charge >= 0.3 is 0 Å². The maximum atomic E-state index is 13.9. The molecule has 3 atom stereocenters. The number of rotatable bonds is 5. The van der Waals surface area contributed by atoms with E-state index in [1.165, 1.54) is 25.0 Å². The summed E-state index contributed by atoms with van der Waals surface area (Å²) in [6.45, 7) is 1.15. The Bertz CT molecular complexity index is 2040. The highest BCUT2D eigenvalue weighted by Crippen LogP contribution is 2.40. The molecule has 0 bridgehead atoms. The summed E-state index contributed by atoms with van der Waals surface area (Å²) in [6.07, 6.45) is 4.66. The molecule has 43 heavy (non-hydrogen) atoms. The molecule has 1 aliphatic heterocycles.